The molecule has 1 atom stereocenters. The molecule has 1 rings (SSSR count). The number of benzene rings is 1. The van der Waals surface area contributed by atoms with Gasteiger partial charge in [0.25, 0.3) is 0 Å². The fourth-order valence-corrected chi connectivity index (χ4v) is 1.68. The lowest BCUT2D eigenvalue weighted by Crippen LogP contribution is -2.04. The summed E-state index contributed by atoms with van der Waals surface area (Å²) in [5.74, 6) is -0.515. The maximum atomic E-state index is 11.5. The summed E-state index contributed by atoms with van der Waals surface area (Å²) >= 11 is 0. The molecule has 0 amide bonds. The number of aryl methyl sites for hydroxylation is 1. The second kappa shape index (κ2) is 4.54. The Balaban J connectivity index is 3.11. The topological polar surface area (TPSA) is 43.4 Å². The second-order valence-corrected chi connectivity index (χ2v) is 4.56. The second-order valence-electron chi connectivity index (χ2n) is 3.50. The lowest BCUT2D eigenvalue weighted by molar-refractivity contribution is 0.0749. The van der Waals surface area contributed by atoms with Crippen LogP contribution in [-0.2, 0) is 9.09 Å². The molecule has 0 aliphatic carbocycles. The molecular weight excluding hydrogens is 211 g/mol. The summed E-state index contributed by atoms with van der Waals surface area (Å²) in [5, 5.41) is 0. The largest absolute Gasteiger partial charge is 0.556 e. The van der Waals surface area contributed by atoms with Gasteiger partial charge in [0.05, 0.1) is 5.56 Å². The maximum Gasteiger partial charge on any atom is 0.556 e. The van der Waals surface area contributed by atoms with Gasteiger partial charge in [-0.1, -0.05) is 6.07 Å². The quantitative estimate of drug-likeness (QED) is 0.726. The van der Waals surface area contributed by atoms with Crippen molar-refractivity contribution in [1.29, 1.82) is 0 Å². The van der Waals surface area contributed by atoms with Crippen molar-refractivity contribution in [3.63, 3.8) is 0 Å². The van der Waals surface area contributed by atoms with E-state index in [1.807, 2.05) is 26.8 Å². The van der Waals surface area contributed by atoms with Crippen LogP contribution < -0.4 is 0 Å². The van der Waals surface area contributed by atoms with E-state index >= 15 is 0 Å². The van der Waals surface area contributed by atoms with Crippen molar-refractivity contribution in [1.82, 2.24) is 0 Å². The van der Waals surface area contributed by atoms with Crippen LogP contribution in [0.25, 0.3) is 0 Å². The highest BCUT2D eigenvalue weighted by molar-refractivity contribution is 7.38. The lowest BCUT2D eigenvalue weighted by Gasteiger charge is -2.07. The average molecular weight is 225 g/mol. The predicted octanol–water partition coefficient (Wildman–Crippen LogP) is 3.14. The highest BCUT2D eigenvalue weighted by Crippen LogP contribution is 2.23. The van der Waals surface area contributed by atoms with E-state index in [2.05, 4.69) is 4.52 Å². The van der Waals surface area contributed by atoms with Crippen LogP contribution in [0.3, 0.4) is 0 Å². The first-order valence-electron chi connectivity index (χ1n) is 4.63. The van der Waals surface area contributed by atoms with E-state index in [0.717, 1.165) is 16.7 Å². The summed E-state index contributed by atoms with van der Waals surface area (Å²) in [7, 11) is -1.89. The van der Waals surface area contributed by atoms with Crippen LogP contribution in [0.5, 0.6) is 0 Å². The minimum absolute atomic E-state index is 0.489. The third kappa shape index (κ3) is 2.63. The third-order valence-corrected chi connectivity index (χ3v) is 2.91. The molecular formula is C11H14O3P+. The van der Waals surface area contributed by atoms with Crippen molar-refractivity contribution in [2.45, 2.75) is 20.8 Å². The van der Waals surface area contributed by atoms with E-state index in [-0.39, 0.29) is 0 Å². The molecule has 1 aromatic rings. The minimum Gasteiger partial charge on any atom is -0.241 e. The van der Waals surface area contributed by atoms with Crippen LogP contribution in [-0.4, -0.2) is 12.6 Å². The zero-order valence-electron chi connectivity index (χ0n) is 9.33. The first-order chi connectivity index (χ1) is 6.93. The summed E-state index contributed by atoms with van der Waals surface area (Å²) in [6.45, 7) is 7.16. The van der Waals surface area contributed by atoms with Gasteiger partial charge in [-0.2, -0.15) is 0 Å². The molecule has 4 heteroatoms. The molecule has 1 aromatic carbocycles. The van der Waals surface area contributed by atoms with Gasteiger partial charge in [0, 0.05) is 0 Å². The monoisotopic (exact) mass is 225 g/mol. The highest BCUT2D eigenvalue weighted by atomic mass is 31.1. The average Bonchev–Trinajstić information content (AvgIpc) is 2.13. The maximum absolute atomic E-state index is 11.5. The summed E-state index contributed by atoms with van der Waals surface area (Å²) in [6.07, 6.45) is 0. The summed E-state index contributed by atoms with van der Waals surface area (Å²) in [6, 6.07) is 3.57. The van der Waals surface area contributed by atoms with Crippen LogP contribution in [0, 0.1) is 20.8 Å². The van der Waals surface area contributed by atoms with E-state index in [9.17, 15) is 9.36 Å². The number of rotatable bonds is 2. The standard InChI is InChI=1S/C11H14O3P/c1-7-5-6-10(9(3)8(7)2)11(12)14-15(4)13/h5-6H,1-4H3/q+1. The van der Waals surface area contributed by atoms with Crippen LogP contribution in [0.1, 0.15) is 27.0 Å². The van der Waals surface area contributed by atoms with Gasteiger partial charge in [-0.05, 0) is 48.1 Å². The van der Waals surface area contributed by atoms with E-state index in [1.165, 1.54) is 6.66 Å². The Bertz CT molecular complexity index is 424. The first kappa shape index (κ1) is 11.9. The zero-order chi connectivity index (χ0) is 11.6. The Morgan fingerprint density at radius 1 is 1.20 bits per heavy atom. The van der Waals surface area contributed by atoms with Crippen LogP contribution >= 0.6 is 8.03 Å². The van der Waals surface area contributed by atoms with Gasteiger partial charge < -0.3 is 0 Å². The molecule has 0 radical (unpaired) electrons. The summed E-state index contributed by atoms with van der Waals surface area (Å²) in [4.78, 5) is 11.5. The molecule has 0 heterocycles. The SMILES string of the molecule is Cc1ccc(C(=O)O[P+](C)=O)c(C)c1C. The Labute approximate surface area is 90.3 Å². The van der Waals surface area contributed by atoms with Crippen molar-refractivity contribution in [2.75, 3.05) is 6.66 Å². The molecule has 15 heavy (non-hydrogen) atoms. The number of carbonyl (C=O) groups excluding carboxylic acids is 1. The van der Waals surface area contributed by atoms with Crippen LogP contribution in [0.2, 0.25) is 0 Å². The molecule has 0 aliphatic rings. The molecule has 0 spiro atoms. The van der Waals surface area contributed by atoms with Crippen molar-refractivity contribution >= 4 is 14.0 Å². The van der Waals surface area contributed by atoms with Crippen molar-refractivity contribution in [3.8, 4) is 0 Å². The van der Waals surface area contributed by atoms with E-state index in [1.54, 1.807) is 6.07 Å². The number of hydrogen-bond donors (Lipinski definition) is 0. The van der Waals surface area contributed by atoms with E-state index in [0.29, 0.717) is 5.56 Å². The fourth-order valence-electron chi connectivity index (χ4n) is 1.34. The smallest absolute Gasteiger partial charge is 0.241 e. The summed E-state index contributed by atoms with van der Waals surface area (Å²) < 4.78 is 15.5. The normalized spacial score (nSPS) is 11.1. The zero-order valence-corrected chi connectivity index (χ0v) is 10.2. The Morgan fingerprint density at radius 2 is 1.80 bits per heavy atom. The van der Waals surface area contributed by atoms with Crippen LogP contribution in [0.15, 0.2) is 12.1 Å². The molecule has 0 fully saturated rings. The van der Waals surface area contributed by atoms with Gasteiger partial charge in [-0.15, -0.1) is 0 Å². The highest BCUT2D eigenvalue weighted by Gasteiger charge is 2.20. The van der Waals surface area contributed by atoms with Crippen molar-refractivity contribution in [3.05, 3.63) is 34.4 Å². The lowest BCUT2D eigenvalue weighted by atomic mass is 9.99. The molecule has 1 unspecified atom stereocenters. The van der Waals surface area contributed by atoms with E-state index < -0.39 is 14.0 Å². The molecule has 0 aromatic heterocycles. The third-order valence-electron chi connectivity index (χ3n) is 2.49. The Hall–Kier alpha value is -1.21. The van der Waals surface area contributed by atoms with Gasteiger partial charge in [0.15, 0.2) is 6.66 Å². The molecule has 0 N–H and O–H groups in total. The Morgan fingerprint density at radius 3 is 2.33 bits per heavy atom. The van der Waals surface area contributed by atoms with Gasteiger partial charge in [0.1, 0.15) is 0 Å². The van der Waals surface area contributed by atoms with Crippen molar-refractivity contribution in [2.24, 2.45) is 0 Å². The summed E-state index contributed by atoms with van der Waals surface area (Å²) in [5.41, 5.74) is 3.57. The molecule has 3 nitrogen and oxygen atoms in total. The number of carbonyl (C=O) groups is 1. The van der Waals surface area contributed by atoms with Gasteiger partial charge >= 0.3 is 14.0 Å². The predicted molar refractivity (Wildman–Crippen MR) is 59.6 cm³/mol. The van der Waals surface area contributed by atoms with Gasteiger partial charge in [-0.25, -0.2) is 9.32 Å². The van der Waals surface area contributed by atoms with Crippen molar-refractivity contribution < 1.29 is 13.9 Å². The Kier molecular flexibility index (Phi) is 3.59. The number of hydrogen-bond acceptors (Lipinski definition) is 3. The minimum atomic E-state index is -1.89. The molecule has 80 valence electrons. The fraction of sp³-hybridized carbons (Fsp3) is 0.364. The van der Waals surface area contributed by atoms with Gasteiger partial charge in [-0.3, -0.25) is 0 Å². The molecule has 0 saturated heterocycles. The molecule has 0 bridgehead atoms. The van der Waals surface area contributed by atoms with Crippen LogP contribution in [0.4, 0.5) is 0 Å². The molecule has 0 saturated carbocycles. The molecule has 0 aliphatic heterocycles. The first-order valence-corrected chi connectivity index (χ1v) is 6.26. The van der Waals surface area contributed by atoms with E-state index in [4.69, 9.17) is 0 Å². The van der Waals surface area contributed by atoms with Gasteiger partial charge in [0.2, 0.25) is 0 Å².